The van der Waals surface area contributed by atoms with Crippen LogP contribution in [0.5, 0.6) is 0 Å². The van der Waals surface area contributed by atoms with E-state index in [2.05, 4.69) is 0 Å². The van der Waals surface area contributed by atoms with E-state index < -0.39 is 0 Å². The van der Waals surface area contributed by atoms with Crippen molar-refractivity contribution in [2.24, 2.45) is 0 Å². The first-order valence-electron chi connectivity index (χ1n) is 5.44. The van der Waals surface area contributed by atoms with Crippen LogP contribution in [0.15, 0.2) is 42.5 Å². The van der Waals surface area contributed by atoms with Crippen LogP contribution in [0.4, 0.5) is 0 Å². The summed E-state index contributed by atoms with van der Waals surface area (Å²) in [7, 11) is 0. The van der Waals surface area contributed by atoms with Gasteiger partial charge in [-0.1, -0.05) is 36.4 Å². The smallest absolute Gasteiger partial charge is 0.194 e. The number of carbonyl (C=O) groups is 1. The third-order valence-corrected chi connectivity index (χ3v) is 3.00. The molecule has 1 heterocycles. The molecule has 1 fully saturated rings. The van der Waals surface area contributed by atoms with Crippen molar-refractivity contribution in [3.63, 3.8) is 0 Å². The number of carbonyl (C=O) groups excluding carboxylic acids is 1. The Morgan fingerprint density at radius 3 is 2.50 bits per heavy atom. The molecule has 0 aromatic heterocycles. The second-order valence-corrected chi connectivity index (χ2v) is 4.19. The van der Waals surface area contributed by atoms with E-state index in [1.807, 2.05) is 49.4 Å². The van der Waals surface area contributed by atoms with Gasteiger partial charge in [-0.2, -0.15) is 0 Å². The minimum atomic E-state index is -0.221. The van der Waals surface area contributed by atoms with Crippen molar-refractivity contribution < 1.29 is 9.53 Å². The van der Waals surface area contributed by atoms with Crippen molar-refractivity contribution >= 4 is 16.6 Å². The summed E-state index contributed by atoms with van der Waals surface area (Å²) in [5, 5.41) is 2.26. The van der Waals surface area contributed by atoms with Gasteiger partial charge in [-0.25, -0.2) is 0 Å². The molecule has 0 amide bonds. The van der Waals surface area contributed by atoms with Crippen LogP contribution in [-0.2, 0) is 4.74 Å². The number of fused-ring (bicyclic) bond motifs is 1. The van der Waals surface area contributed by atoms with Gasteiger partial charge in [0.05, 0.1) is 6.10 Å². The maximum atomic E-state index is 11.9. The summed E-state index contributed by atoms with van der Waals surface area (Å²) >= 11 is 0. The van der Waals surface area contributed by atoms with E-state index in [-0.39, 0.29) is 18.0 Å². The Bertz CT molecular complexity index is 559. The van der Waals surface area contributed by atoms with E-state index in [0.717, 1.165) is 16.3 Å². The predicted octanol–water partition coefficient (Wildman–Crippen LogP) is 2.81. The van der Waals surface area contributed by atoms with E-state index >= 15 is 0 Å². The van der Waals surface area contributed by atoms with Gasteiger partial charge in [-0.05, 0) is 23.8 Å². The van der Waals surface area contributed by atoms with Crippen LogP contribution in [0.3, 0.4) is 0 Å². The maximum absolute atomic E-state index is 11.9. The summed E-state index contributed by atoms with van der Waals surface area (Å²) in [6.07, 6.45) is -0.139. The molecule has 1 saturated heterocycles. The van der Waals surface area contributed by atoms with Gasteiger partial charge in [-0.3, -0.25) is 4.79 Å². The lowest BCUT2D eigenvalue weighted by Gasteiger charge is -2.00. The van der Waals surface area contributed by atoms with Crippen LogP contribution in [0.2, 0.25) is 0 Å². The van der Waals surface area contributed by atoms with Crippen molar-refractivity contribution in [2.75, 3.05) is 0 Å². The van der Waals surface area contributed by atoms with Gasteiger partial charge in [0.1, 0.15) is 6.10 Å². The largest absolute Gasteiger partial charge is 0.361 e. The van der Waals surface area contributed by atoms with Crippen LogP contribution < -0.4 is 0 Å². The molecule has 0 spiro atoms. The number of rotatable bonds is 2. The molecule has 2 nitrogen and oxygen atoms in total. The van der Waals surface area contributed by atoms with Gasteiger partial charge in [0.25, 0.3) is 0 Å². The van der Waals surface area contributed by atoms with Crippen molar-refractivity contribution in [3.05, 3.63) is 48.0 Å². The van der Waals surface area contributed by atoms with Crippen LogP contribution in [0, 0.1) is 0 Å². The zero-order valence-electron chi connectivity index (χ0n) is 9.01. The highest BCUT2D eigenvalue weighted by molar-refractivity contribution is 6.04. The van der Waals surface area contributed by atoms with E-state index in [4.69, 9.17) is 4.74 Å². The monoisotopic (exact) mass is 212 g/mol. The molecule has 3 rings (SSSR count). The first-order chi connectivity index (χ1) is 7.75. The van der Waals surface area contributed by atoms with Gasteiger partial charge in [-0.15, -0.1) is 0 Å². The molecule has 0 aliphatic carbocycles. The number of ketones is 1. The molecular formula is C14H12O2. The molecule has 0 saturated carbocycles. The molecule has 2 aromatic rings. The van der Waals surface area contributed by atoms with E-state index in [9.17, 15) is 4.79 Å². The summed E-state index contributed by atoms with van der Waals surface area (Å²) < 4.78 is 5.20. The zero-order chi connectivity index (χ0) is 11.1. The third kappa shape index (κ3) is 1.51. The molecule has 0 N–H and O–H groups in total. The Morgan fingerprint density at radius 1 is 1.12 bits per heavy atom. The Balaban J connectivity index is 2.02. The first kappa shape index (κ1) is 9.55. The van der Waals surface area contributed by atoms with Gasteiger partial charge in [0.15, 0.2) is 5.78 Å². The summed E-state index contributed by atoms with van der Waals surface area (Å²) in [6, 6.07) is 13.8. The van der Waals surface area contributed by atoms with Crippen LogP contribution in [0.1, 0.15) is 17.3 Å². The van der Waals surface area contributed by atoms with Crippen molar-refractivity contribution in [1.82, 2.24) is 0 Å². The van der Waals surface area contributed by atoms with Crippen LogP contribution >= 0.6 is 0 Å². The second kappa shape index (κ2) is 3.42. The lowest BCUT2D eigenvalue weighted by molar-refractivity contribution is 0.0954. The van der Waals surface area contributed by atoms with Crippen molar-refractivity contribution in [2.45, 2.75) is 19.1 Å². The quantitative estimate of drug-likeness (QED) is 0.566. The third-order valence-electron chi connectivity index (χ3n) is 3.00. The van der Waals surface area contributed by atoms with E-state index in [1.54, 1.807) is 0 Å². The molecule has 80 valence electrons. The minimum absolute atomic E-state index is 0.0824. The summed E-state index contributed by atoms with van der Waals surface area (Å²) in [5.74, 6) is 0.0956. The number of ether oxygens (including phenoxy) is 1. The number of epoxide rings is 1. The maximum Gasteiger partial charge on any atom is 0.194 e. The van der Waals surface area contributed by atoms with Gasteiger partial charge < -0.3 is 4.74 Å². The highest BCUT2D eigenvalue weighted by atomic mass is 16.6. The highest BCUT2D eigenvalue weighted by Crippen LogP contribution is 2.26. The summed E-state index contributed by atoms with van der Waals surface area (Å²) in [5.41, 5.74) is 0.744. The molecule has 1 aliphatic rings. The van der Waals surface area contributed by atoms with E-state index in [1.165, 1.54) is 0 Å². The molecule has 2 atom stereocenters. The molecule has 0 bridgehead atoms. The van der Waals surface area contributed by atoms with Crippen LogP contribution in [-0.4, -0.2) is 18.0 Å². The van der Waals surface area contributed by atoms with Crippen molar-refractivity contribution in [3.8, 4) is 0 Å². The summed E-state index contributed by atoms with van der Waals surface area (Å²) in [6.45, 7) is 1.92. The normalized spacial score (nSPS) is 23.3. The van der Waals surface area contributed by atoms with Gasteiger partial charge in [0, 0.05) is 5.56 Å². The molecule has 16 heavy (non-hydrogen) atoms. The van der Waals surface area contributed by atoms with Crippen LogP contribution in [0.25, 0.3) is 10.8 Å². The molecule has 2 aromatic carbocycles. The number of Topliss-reactive ketones (excluding diaryl/α,β-unsaturated/α-hetero) is 1. The highest BCUT2D eigenvalue weighted by Gasteiger charge is 2.41. The Morgan fingerprint density at radius 2 is 1.81 bits per heavy atom. The average Bonchev–Trinajstić information content (AvgIpc) is 3.05. The molecule has 2 unspecified atom stereocenters. The Kier molecular flexibility index (Phi) is 2.04. The fourth-order valence-corrected chi connectivity index (χ4v) is 1.97. The van der Waals surface area contributed by atoms with Gasteiger partial charge in [0.2, 0.25) is 0 Å². The molecule has 1 aliphatic heterocycles. The zero-order valence-corrected chi connectivity index (χ0v) is 9.01. The molecule has 0 radical (unpaired) electrons. The minimum Gasteiger partial charge on any atom is -0.361 e. The topological polar surface area (TPSA) is 29.6 Å². The van der Waals surface area contributed by atoms with E-state index in [0.29, 0.717) is 0 Å². The number of hydrogen-bond acceptors (Lipinski definition) is 2. The fourth-order valence-electron chi connectivity index (χ4n) is 1.97. The van der Waals surface area contributed by atoms with Gasteiger partial charge >= 0.3 is 0 Å². The molecular weight excluding hydrogens is 200 g/mol. The molecule has 2 heteroatoms. The SMILES string of the molecule is CC1OC1C(=O)c1ccc2ccccc2c1. The summed E-state index contributed by atoms with van der Waals surface area (Å²) in [4.78, 5) is 11.9. The number of benzene rings is 2. The van der Waals surface area contributed by atoms with Crippen molar-refractivity contribution in [1.29, 1.82) is 0 Å². The fraction of sp³-hybridized carbons (Fsp3) is 0.214. The lowest BCUT2D eigenvalue weighted by atomic mass is 10.0. The standard InChI is InChI=1S/C14H12O2/c1-9-14(16-9)13(15)12-7-6-10-4-2-3-5-11(10)8-12/h2-9,14H,1H3. The number of hydrogen-bond donors (Lipinski definition) is 0. The predicted molar refractivity (Wildman–Crippen MR) is 62.6 cm³/mol. The first-order valence-corrected chi connectivity index (χ1v) is 5.44. The Hall–Kier alpha value is -1.67. The Labute approximate surface area is 93.8 Å². The second-order valence-electron chi connectivity index (χ2n) is 4.19. The average molecular weight is 212 g/mol. The lowest BCUT2D eigenvalue weighted by Crippen LogP contribution is -2.08.